The van der Waals surface area contributed by atoms with Crippen LogP contribution in [0, 0.1) is 5.41 Å². The molecule has 0 aromatic rings. The van der Waals surface area contributed by atoms with E-state index >= 15 is 0 Å². The number of nitrogens with two attached hydrogens (primary N) is 1. The van der Waals surface area contributed by atoms with Gasteiger partial charge in [0.25, 0.3) is 0 Å². The molecule has 1 heterocycles. The number of carbonyl (C=O) groups excluding carboxylic acids is 2. The number of piperidine rings is 1. The molecule has 17 heavy (non-hydrogen) atoms. The normalized spacial score (nSPS) is 23.5. The third kappa shape index (κ3) is 3.70. The summed E-state index contributed by atoms with van der Waals surface area (Å²) in [4.78, 5) is 24.9. The van der Waals surface area contributed by atoms with Gasteiger partial charge in [0.1, 0.15) is 0 Å². The maximum absolute atomic E-state index is 11.9. The zero-order valence-corrected chi connectivity index (χ0v) is 11.1. The molecule has 2 unspecified atom stereocenters. The minimum atomic E-state index is -0.523. The maximum atomic E-state index is 11.9. The minimum absolute atomic E-state index is 0.0265. The molecule has 0 aromatic heterocycles. The number of likely N-dealkylation sites (tertiary alicyclic amines) is 1. The largest absolute Gasteiger partial charge is 0.350 e. The SMILES string of the molecule is CN1CC(NC(=O)C(N)C(C)(C)C)CCC1=O. The number of hydrogen-bond acceptors (Lipinski definition) is 3. The summed E-state index contributed by atoms with van der Waals surface area (Å²) < 4.78 is 0. The molecule has 2 atom stereocenters. The van der Waals surface area contributed by atoms with Gasteiger partial charge in [0, 0.05) is 26.1 Å². The highest BCUT2D eigenvalue weighted by Crippen LogP contribution is 2.18. The van der Waals surface area contributed by atoms with Crippen molar-refractivity contribution in [1.29, 1.82) is 0 Å². The molecule has 0 spiro atoms. The van der Waals surface area contributed by atoms with Gasteiger partial charge in [-0.05, 0) is 11.8 Å². The molecule has 5 heteroatoms. The second-order valence-corrected chi connectivity index (χ2v) is 5.86. The van der Waals surface area contributed by atoms with Crippen molar-refractivity contribution in [3.8, 4) is 0 Å². The molecule has 1 aliphatic rings. The zero-order valence-electron chi connectivity index (χ0n) is 11.1. The van der Waals surface area contributed by atoms with E-state index in [1.54, 1.807) is 11.9 Å². The number of nitrogens with zero attached hydrogens (tertiary/aromatic N) is 1. The molecule has 98 valence electrons. The van der Waals surface area contributed by atoms with Gasteiger partial charge in [0.05, 0.1) is 6.04 Å². The Balaban J connectivity index is 2.50. The Hall–Kier alpha value is -1.10. The van der Waals surface area contributed by atoms with Crippen LogP contribution in [0.2, 0.25) is 0 Å². The smallest absolute Gasteiger partial charge is 0.237 e. The van der Waals surface area contributed by atoms with E-state index in [0.29, 0.717) is 19.4 Å². The van der Waals surface area contributed by atoms with E-state index in [0.717, 1.165) is 0 Å². The summed E-state index contributed by atoms with van der Waals surface area (Å²) in [5.41, 5.74) is 5.63. The summed E-state index contributed by atoms with van der Waals surface area (Å²) in [7, 11) is 1.75. The Morgan fingerprint density at radius 2 is 2.12 bits per heavy atom. The molecule has 0 aliphatic carbocycles. The summed E-state index contributed by atoms with van der Waals surface area (Å²) in [5.74, 6) is 0.000804. The Morgan fingerprint density at radius 3 is 2.59 bits per heavy atom. The lowest BCUT2D eigenvalue weighted by Crippen LogP contribution is -2.55. The predicted molar refractivity (Wildman–Crippen MR) is 66.2 cm³/mol. The van der Waals surface area contributed by atoms with E-state index < -0.39 is 6.04 Å². The number of carbonyl (C=O) groups is 2. The van der Waals surface area contributed by atoms with Crippen molar-refractivity contribution in [2.45, 2.75) is 45.7 Å². The van der Waals surface area contributed by atoms with Gasteiger partial charge in [-0.25, -0.2) is 0 Å². The van der Waals surface area contributed by atoms with E-state index in [4.69, 9.17) is 5.73 Å². The third-order valence-electron chi connectivity index (χ3n) is 3.19. The zero-order chi connectivity index (χ0) is 13.2. The second-order valence-electron chi connectivity index (χ2n) is 5.86. The number of amides is 2. The molecule has 0 bridgehead atoms. The van der Waals surface area contributed by atoms with Crippen molar-refractivity contribution in [2.75, 3.05) is 13.6 Å². The van der Waals surface area contributed by atoms with Gasteiger partial charge in [-0.2, -0.15) is 0 Å². The van der Waals surface area contributed by atoms with E-state index in [1.165, 1.54) is 0 Å². The van der Waals surface area contributed by atoms with Crippen molar-refractivity contribution < 1.29 is 9.59 Å². The Labute approximate surface area is 103 Å². The number of rotatable bonds is 2. The van der Waals surface area contributed by atoms with Crippen molar-refractivity contribution in [3.63, 3.8) is 0 Å². The number of nitrogens with one attached hydrogen (secondary N) is 1. The van der Waals surface area contributed by atoms with Crippen molar-refractivity contribution >= 4 is 11.8 Å². The van der Waals surface area contributed by atoms with E-state index in [9.17, 15) is 9.59 Å². The lowest BCUT2D eigenvalue weighted by atomic mass is 9.86. The van der Waals surface area contributed by atoms with Crippen LogP contribution in [0.1, 0.15) is 33.6 Å². The van der Waals surface area contributed by atoms with Crippen LogP contribution in [-0.2, 0) is 9.59 Å². The van der Waals surface area contributed by atoms with E-state index in [-0.39, 0.29) is 23.3 Å². The van der Waals surface area contributed by atoms with Crippen LogP contribution in [0.15, 0.2) is 0 Å². The van der Waals surface area contributed by atoms with Gasteiger partial charge in [0.15, 0.2) is 0 Å². The average molecular weight is 241 g/mol. The number of likely N-dealkylation sites (N-methyl/N-ethyl adjacent to an activating group) is 1. The van der Waals surface area contributed by atoms with Crippen LogP contribution in [0.25, 0.3) is 0 Å². The van der Waals surface area contributed by atoms with Crippen molar-refractivity contribution in [2.24, 2.45) is 11.1 Å². The Kier molecular flexibility index (Phi) is 4.14. The van der Waals surface area contributed by atoms with Crippen LogP contribution in [0.3, 0.4) is 0 Å². The van der Waals surface area contributed by atoms with Crippen molar-refractivity contribution in [1.82, 2.24) is 10.2 Å². The molecule has 5 nitrogen and oxygen atoms in total. The lowest BCUT2D eigenvalue weighted by Gasteiger charge is -2.33. The first-order chi connectivity index (χ1) is 7.71. The quantitative estimate of drug-likeness (QED) is 0.720. The second kappa shape index (κ2) is 5.04. The summed E-state index contributed by atoms with van der Waals surface area (Å²) in [6, 6.07) is -0.496. The van der Waals surface area contributed by atoms with Crippen LogP contribution in [0.5, 0.6) is 0 Å². The first kappa shape index (κ1) is 14.0. The van der Waals surface area contributed by atoms with Gasteiger partial charge in [-0.1, -0.05) is 20.8 Å². The van der Waals surface area contributed by atoms with Gasteiger partial charge in [-0.15, -0.1) is 0 Å². The van der Waals surface area contributed by atoms with Gasteiger partial charge >= 0.3 is 0 Å². The fourth-order valence-corrected chi connectivity index (χ4v) is 1.81. The maximum Gasteiger partial charge on any atom is 0.237 e. The monoisotopic (exact) mass is 241 g/mol. The topological polar surface area (TPSA) is 75.4 Å². The van der Waals surface area contributed by atoms with Gasteiger partial charge in [0.2, 0.25) is 11.8 Å². The molecular weight excluding hydrogens is 218 g/mol. The first-order valence-electron chi connectivity index (χ1n) is 6.01. The Morgan fingerprint density at radius 1 is 1.53 bits per heavy atom. The molecule has 3 N–H and O–H groups in total. The molecular formula is C12H23N3O2. The van der Waals surface area contributed by atoms with Gasteiger partial charge < -0.3 is 16.0 Å². The highest BCUT2D eigenvalue weighted by atomic mass is 16.2. The molecule has 1 aliphatic heterocycles. The molecule has 0 saturated carbocycles. The molecule has 1 fully saturated rings. The molecule has 0 radical (unpaired) electrons. The van der Waals surface area contributed by atoms with Crippen molar-refractivity contribution in [3.05, 3.63) is 0 Å². The van der Waals surface area contributed by atoms with Crippen LogP contribution in [-0.4, -0.2) is 42.4 Å². The lowest BCUT2D eigenvalue weighted by molar-refractivity contribution is -0.134. The summed E-state index contributed by atoms with van der Waals surface area (Å²) >= 11 is 0. The fraction of sp³-hybridized carbons (Fsp3) is 0.833. The highest BCUT2D eigenvalue weighted by molar-refractivity contribution is 5.83. The summed E-state index contributed by atoms with van der Waals surface area (Å²) in [5, 5.41) is 2.92. The standard InChI is InChI=1S/C12H23N3O2/c1-12(2,3)10(13)11(17)14-8-5-6-9(16)15(4)7-8/h8,10H,5-7,13H2,1-4H3,(H,14,17). The van der Waals surface area contributed by atoms with Gasteiger partial charge in [-0.3, -0.25) is 9.59 Å². The molecule has 1 saturated heterocycles. The van der Waals surface area contributed by atoms with Crippen LogP contribution >= 0.6 is 0 Å². The molecule has 1 rings (SSSR count). The third-order valence-corrected chi connectivity index (χ3v) is 3.19. The fourth-order valence-electron chi connectivity index (χ4n) is 1.81. The summed E-state index contributed by atoms with van der Waals surface area (Å²) in [6.45, 7) is 6.39. The van der Waals surface area contributed by atoms with E-state index in [2.05, 4.69) is 5.32 Å². The average Bonchev–Trinajstić information content (AvgIpc) is 2.21. The van der Waals surface area contributed by atoms with E-state index in [1.807, 2.05) is 20.8 Å². The molecule has 0 aromatic carbocycles. The predicted octanol–water partition coefficient (Wildman–Crippen LogP) is 0.0968. The Bertz CT molecular complexity index is 309. The van der Waals surface area contributed by atoms with Crippen LogP contribution in [0.4, 0.5) is 0 Å². The van der Waals surface area contributed by atoms with Crippen LogP contribution < -0.4 is 11.1 Å². The highest BCUT2D eigenvalue weighted by Gasteiger charge is 2.30. The first-order valence-corrected chi connectivity index (χ1v) is 6.01. The summed E-state index contributed by atoms with van der Waals surface area (Å²) in [6.07, 6.45) is 1.19. The molecule has 2 amide bonds. The minimum Gasteiger partial charge on any atom is -0.350 e. The number of hydrogen-bond donors (Lipinski definition) is 2.